The first-order chi connectivity index (χ1) is 13.4. The fourth-order valence-electron chi connectivity index (χ4n) is 3.58. The van der Waals surface area contributed by atoms with Crippen LogP contribution in [0.1, 0.15) is 49.7 Å². The van der Waals surface area contributed by atoms with Gasteiger partial charge in [-0.15, -0.1) is 11.3 Å². The molecule has 4 rings (SSSR count). The van der Waals surface area contributed by atoms with Crippen LogP contribution in [0.25, 0.3) is 26.9 Å². The zero-order valence-electron chi connectivity index (χ0n) is 16.6. The van der Waals surface area contributed by atoms with E-state index in [0.717, 1.165) is 55.8 Å². The van der Waals surface area contributed by atoms with Crippen molar-refractivity contribution in [2.24, 2.45) is 7.05 Å². The molecule has 0 saturated heterocycles. The van der Waals surface area contributed by atoms with Gasteiger partial charge >= 0.3 is 0 Å². The molecule has 0 amide bonds. The summed E-state index contributed by atoms with van der Waals surface area (Å²) >= 11 is 5.21. The van der Waals surface area contributed by atoms with Crippen molar-refractivity contribution in [1.82, 2.24) is 34.3 Å². The molecule has 0 aromatic carbocycles. The summed E-state index contributed by atoms with van der Waals surface area (Å²) in [5, 5.41) is 9.82. The van der Waals surface area contributed by atoms with Gasteiger partial charge in [0.2, 0.25) is 0 Å². The van der Waals surface area contributed by atoms with Crippen molar-refractivity contribution in [3.05, 3.63) is 34.1 Å². The number of halogens is 1. The van der Waals surface area contributed by atoms with E-state index in [4.69, 9.17) is 10.1 Å². The molecule has 9 heteroatoms. The first kappa shape index (κ1) is 19.2. The highest BCUT2D eigenvalue weighted by atomic mass is 79.9. The van der Waals surface area contributed by atoms with Gasteiger partial charge in [0, 0.05) is 24.4 Å². The first-order valence-electron chi connectivity index (χ1n) is 9.32. The molecule has 0 N–H and O–H groups in total. The number of thiazole rings is 1. The smallest absolute Gasteiger partial charge is 0.187 e. The highest BCUT2D eigenvalue weighted by Crippen LogP contribution is 2.41. The Morgan fingerprint density at radius 3 is 2.57 bits per heavy atom. The molecule has 0 aliphatic carbocycles. The molecule has 0 bridgehead atoms. The number of aromatic nitrogens is 7. The van der Waals surface area contributed by atoms with Crippen LogP contribution >= 0.6 is 27.3 Å². The van der Waals surface area contributed by atoms with Crippen LogP contribution in [0.5, 0.6) is 0 Å². The lowest BCUT2D eigenvalue weighted by Crippen LogP contribution is -2.07. The third-order valence-corrected chi connectivity index (χ3v) is 6.94. The largest absolute Gasteiger partial charge is 0.247 e. The van der Waals surface area contributed by atoms with Crippen molar-refractivity contribution >= 4 is 32.9 Å². The van der Waals surface area contributed by atoms with E-state index in [1.807, 2.05) is 25.4 Å². The molecule has 0 atom stereocenters. The molecule has 0 aliphatic rings. The van der Waals surface area contributed by atoms with Crippen molar-refractivity contribution in [1.29, 1.82) is 0 Å². The van der Waals surface area contributed by atoms with Gasteiger partial charge in [-0.2, -0.15) is 10.2 Å². The molecule has 0 aliphatic heterocycles. The average molecular weight is 460 g/mol. The van der Waals surface area contributed by atoms with E-state index < -0.39 is 0 Å². The summed E-state index contributed by atoms with van der Waals surface area (Å²) in [5.41, 5.74) is 5.07. The van der Waals surface area contributed by atoms with E-state index in [1.54, 1.807) is 16.0 Å². The third-order valence-electron chi connectivity index (χ3n) is 5.04. The molecule has 0 saturated carbocycles. The lowest BCUT2D eigenvalue weighted by molar-refractivity contribution is 0.598. The van der Waals surface area contributed by atoms with Crippen molar-refractivity contribution in [3.63, 3.8) is 0 Å². The van der Waals surface area contributed by atoms with Crippen molar-refractivity contribution in [2.75, 3.05) is 0 Å². The van der Waals surface area contributed by atoms with Gasteiger partial charge in [-0.05, 0) is 48.7 Å². The maximum atomic E-state index is 4.86. The molecular formula is C19H22BrN7S. The molecule has 28 heavy (non-hydrogen) atoms. The van der Waals surface area contributed by atoms with Crippen LogP contribution in [0.2, 0.25) is 0 Å². The van der Waals surface area contributed by atoms with Crippen LogP contribution in [-0.2, 0) is 7.05 Å². The number of hydrogen-bond acceptors (Lipinski definition) is 6. The van der Waals surface area contributed by atoms with Gasteiger partial charge in [0.1, 0.15) is 10.9 Å². The van der Waals surface area contributed by atoms with E-state index >= 15 is 0 Å². The van der Waals surface area contributed by atoms with E-state index in [0.29, 0.717) is 5.92 Å². The summed E-state index contributed by atoms with van der Waals surface area (Å²) in [4.78, 5) is 14.9. The summed E-state index contributed by atoms with van der Waals surface area (Å²) in [7, 11) is 1.87. The molecule has 0 unspecified atom stereocenters. The predicted octanol–water partition coefficient (Wildman–Crippen LogP) is 4.93. The topological polar surface area (TPSA) is 73.8 Å². The summed E-state index contributed by atoms with van der Waals surface area (Å²) < 4.78 is 4.52. The normalized spacial score (nSPS) is 11.8. The monoisotopic (exact) mass is 459 g/mol. The molecule has 0 radical (unpaired) electrons. The SMILES string of the molecule is CCC(CC)c1cc(C)nc2c(-c3sc(-c4ncnn4C)nc3Br)c(C)nn12. The van der Waals surface area contributed by atoms with Crippen LogP contribution in [0, 0.1) is 13.8 Å². The molecule has 7 nitrogen and oxygen atoms in total. The molecule has 146 valence electrons. The van der Waals surface area contributed by atoms with Crippen LogP contribution in [0.3, 0.4) is 0 Å². The van der Waals surface area contributed by atoms with Gasteiger partial charge in [0.15, 0.2) is 16.5 Å². The summed E-state index contributed by atoms with van der Waals surface area (Å²) in [6.07, 6.45) is 3.69. The second kappa shape index (κ2) is 7.36. The third kappa shape index (κ3) is 3.06. The minimum absolute atomic E-state index is 0.454. The summed E-state index contributed by atoms with van der Waals surface area (Å²) in [6, 6.07) is 2.16. The molecular weight excluding hydrogens is 438 g/mol. The quantitative estimate of drug-likeness (QED) is 0.422. The van der Waals surface area contributed by atoms with E-state index in [9.17, 15) is 0 Å². The highest BCUT2D eigenvalue weighted by Gasteiger charge is 2.24. The van der Waals surface area contributed by atoms with E-state index in [-0.39, 0.29) is 0 Å². The second-order valence-corrected chi connectivity index (χ2v) is 8.63. The summed E-state index contributed by atoms with van der Waals surface area (Å²) in [5.74, 6) is 1.20. The first-order valence-corrected chi connectivity index (χ1v) is 10.9. The van der Waals surface area contributed by atoms with Gasteiger partial charge in [-0.25, -0.2) is 24.1 Å². The molecule has 0 fully saturated rings. The van der Waals surface area contributed by atoms with Crippen LogP contribution in [0.4, 0.5) is 0 Å². The number of hydrogen-bond donors (Lipinski definition) is 0. The van der Waals surface area contributed by atoms with E-state index in [1.165, 1.54) is 12.0 Å². The Labute approximate surface area is 176 Å². The van der Waals surface area contributed by atoms with Gasteiger partial charge in [0.05, 0.1) is 16.1 Å². The molecule has 4 aromatic heterocycles. The number of rotatable bonds is 5. The number of aryl methyl sites for hydroxylation is 3. The number of nitrogens with zero attached hydrogens (tertiary/aromatic N) is 7. The minimum atomic E-state index is 0.454. The molecule has 0 spiro atoms. The Morgan fingerprint density at radius 1 is 1.18 bits per heavy atom. The lowest BCUT2D eigenvalue weighted by Gasteiger charge is -2.15. The second-order valence-electron chi connectivity index (χ2n) is 6.88. The van der Waals surface area contributed by atoms with Gasteiger partial charge in [-0.3, -0.25) is 0 Å². The Balaban J connectivity index is 1.94. The zero-order valence-corrected chi connectivity index (χ0v) is 19.0. The van der Waals surface area contributed by atoms with E-state index in [2.05, 4.69) is 50.9 Å². The molecule has 4 aromatic rings. The Bertz CT molecular complexity index is 1150. The Morgan fingerprint density at radius 2 is 1.93 bits per heavy atom. The van der Waals surface area contributed by atoms with Crippen molar-refractivity contribution in [2.45, 2.75) is 46.5 Å². The van der Waals surface area contributed by atoms with Crippen LogP contribution in [-0.4, -0.2) is 34.3 Å². The predicted molar refractivity (Wildman–Crippen MR) is 115 cm³/mol. The Hall–Kier alpha value is -2.13. The van der Waals surface area contributed by atoms with Crippen LogP contribution in [0.15, 0.2) is 17.0 Å². The Kier molecular flexibility index (Phi) is 5.05. The fourth-order valence-corrected chi connectivity index (χ4v) is 5.39. The average Bonchev–Trinajstić information content (AvgIpc) is 3.32. The minimum Gasteiger partial charge on any atom is -0.247 e. The number of fused-ring (bicyclic) bond motifs is 1. The molecule has 4 heterocycles. The highest BCUT2D eigenvalue weighted by molar-refractivity contribution is 9.10. The fraction of sp³-hybridized carbons (Fsp3) is 0.421. The maximum Gasteiger partial charge on any atom is 0.187 e. The van der Waals surface area contributed by atoms with Crippen LogP contribution < -0.4 is 0 Å². The maximum absolute atomic E-state index is 4.86. The summed E-state index contributed by atoms with van der Waals surface area (Å²) in [6.45, 7) is 8.52. The lowest BCUT2D eigenvalue weighted by atomic mass is 9.98. The van der Waals surface area contributed by atoms with Gasteiger partial charge < -0.3 is 0 Å². The van der Waals surface area contributed by atoms with Gasteiger partial charge in [0.25, 0.3) is 0 Å². The standard InChI is InChI=1S/C19H22BrN7S/c1-6-12(7-2)13-8-10(3)23-17-14(11(4)25-27(13)17)15-16(20)24-19(28-15)18-21-9-22-26(18)5/h8-9,12H,6-7H2,1-5H3. The van der Waals surface area contributed by atoms with Crippen molar-refractivity contribution in [3.8, 4) is 21.3 Å². The van der Waals surface area contributed by atoms with Crippen molar-refractivity contribution < 1.29 is 0 Å². The van der Waals surface area contributed by atoms with Gasteiger partial charge in [-0.1, -0.05) is 13.8 Å². The zero-order chi connectivity index (χ0) is 20.0.